The number of furan rings is 1. The lowest BCUT2D eigenvalue weighted by molar-refractivity contribution is 0.101. The highest BCUT2D eigenvalue weighted by Crippen LogP contribution is 2.28. The normalized spacial score (nSPS) is 10.8. The van der Waals surface area contributed by atoms with Gasteiger partial charge in [0.05, 0.1) is 10.6 Å². The second-order valence-electron chi connectivity index (χ2n) is 4.08. The largest absolute Gasteiger partial charge is 0.451 e. The molecular weight excluding hydrogens is 267 g/mol. The molecule has 0 amide bonds. The number of rotatable bonds is 2. The van der Waals surface area contributed by atoms with E-state index >= 15 is 0 Å². The predicted octanol–water partition coefficient (Wildman–Crippen LogP) is 4.46. The van der Waals surface area contributed by atoms with E-state index in [1.54, 1.807) is 30.3 Å². The number of hydrogen-bond acceptors (Lipinski definition) is 2. The van der Waals surface area contributed by atoms with Crippen LogP contribution in [0.2, 0.25) is 5.02 Å². The molecule has 0 aliphatic carbocycles. The molecule has 0 aliphatic rings. The van der Waals surface area contributed by atoms with Gasteiger partial charge in [0, 0.05) is 5.39 Å². The molecule has 0 saturated carbocycles. The van der Waals surface area contributed by atoms with Gasteiger partial charge in [-0.25, -0.2) is 4.39 Å². The summed E-state index contributed by atoms with van der Waals surface area (Å²) in [6.45, 7) is 0. The Morgan fingerprint density at radius 1 is 1.11 bits per heavy atom. The third-order valence-corrected chi connectivity index (χ3v) is 3.14. The van der Waals surface area contributed by atoms with E-state index < -0.39 is 11.6 Å². The highest BCUT2D eigenvalue weighted by atomic mass is 35.5. The average molecular weight is 275 g/mol. The molecule has 0 fully saturated rings. The molecule has 0 bridgehead atoms. The number of carbonyl (C=O) groups excluding carboxylic acids is 1. The topological polar surface area (TPSA) is 30.2 Å². The van der Waals surface area contributed by atoms with Gasteiger partial charge >= 0.3 is 0 Å². The molecule has 19 heavy (non-hydrogen) atoms. The maximum Gasteiger partial charge on any atom is 0.231 e. The fraction of sp³-hybridized carbons (Fsp3) is 0. The first-order valence-electron chi connectivity index (χ1n) is 5.64. The number of hydrogen-bond donors (Lipinski definition) is 0. The molecule has 0 atom stereocenters. The van der Waals surface area contributed by atoms with Gasteiger partial charge in [0.2, 0.25) is 5.78 Å². The first-order valence-corrected chi connectivity index (χ1v) is 6.02. The third-order valence-electron chi connectivity index (χ3n) is 2.84. The van der Waals surface area contributed by atoms with E-state index in [0.29, 0.717) is 16.0 Å². The van der Waals surface area contributed by atoms with Crippen molar-refractivity contribution in [2.45, 2.75) is 0 Å². The van der Waals surface area contributed by atoms with Gasteiger partial charge in [-0.3, -0.25) is 4.79 Å². The third kappa shape index (κ3) is 2.02. The van der Waals surface area contributed by atoms with Crippen LogP contribution >= 0.6 is 11.6 Å². The Morgan fingerprint density at radius 3 is 2.63 bits per heavy atom. The van der Waals surface area contributed by atoms with Gasteiger partial charge in [0.25, 0.3) is 0 Å². The first kappa shape index (κ1) is 11.9. The Bertz CT molecular complexity index is 777. The summed E-state index contributed by atoms with van der Waals surface area (Å²) in [6.07, 6.45) is 0. The van der Waals surface area contributed by atoms with Crippen molar-refractivity contribution >= 4 is 28.4 Å². The second kappa shape index (κ2) is 4.52. The Hall–Kier alpha value is -2.13. The predicted molar refractivity (Wildman–Crippen MR) is 71.1 cm³/mol. The van der Waals surface area contributed by atoms with Crippen molar-refractivity contribution in [3.05, 3.63) is 70.7 Å². The molecular formula is C15H8ClFO2. The van der Waals surface area contributed by atoms with Crippen LogP contribution in [-0.4, -0.2) is 5.78 Å². The quantitative estimate of drug-likeness (QED) is 0.646. The fourth-order valence-electron chi connectivity index (χ4n) is 1.92. The molecule has 1 aromatic heterocycles. The van der Waals surface area contributed by atoms with Crippen molar-refractivity contribution < 1.29 is 13.6 Å². The van der Waals surface area contributed by atoms with Crippen LogP contribution in [0.5, 0.6) is 0 Å². The van der Waals surface area contributed by atoms with Crippen molar-refractivity contribution in [1.29, 1.82) is 0 Å². The molecule has 0 N–H and O–H groups in total. The highest BCUT2D eigenvalue weighted by Gasteiger charge is 2.18. The van der Waals surface area contributed by atoms with Gasteiger partial charge in [0.15, 0.2) is 11.3 Å². The van der Waals surface area contributed by atoms with Crippen molar-refractivity contribution in [3.63, 3.8) is 0 Å². The van der Waals surface area contributed by atoms with Gasteiger partial charge in [-0.2, -0.15) is 0 Å². The first-order chi connectivity index (χ1) is 9.16. The Morgan fingerprint density at radius 2 is 1.89 bits per heavy atom. The summed E-state index contributed by atoms with van der Waals surface area (Å²) in [6, 6.07) is 12.6. The molecule has 2 nitrogen and oxygen atoms in total. The van der Waals surface area contributed by atoms with Gasteiger partial charge in [-0.15, -0.1) is 0 Å². The lowest BCUT2D eigenvalue weighted by Crippen LogP contribution is -2.02. The second-order valence-corrected chi connectivity index (χ2v) is 4.49. The van der Waals surface area contributed by atoms with Crippen LogP contribution in [0.25, 0.3) is 11.0 Å². The van der Waals surface area contributed by atoms with Crippen LogP contribution in [0.4, 0.5) is 4.39 Å². The van der Waals surface area contributed by atoms with Crippen LogP contribution in [0.15, 0.2) is 52.9 Å². The summed E-state index contributed by atoms with van der Waals surface area (Å²) in [5.41, 5.74) is 0.418. The van der Waals surface area contributed by atoms with Crippen LogP contribution in [0, 0.1) is 5.82 Å². The molecule has 0 spiro atoms. The number of carbonyl (C=O) groups is 1. The van der Waals surface area contributed by atoms with Crippen molar-refractivity contribution in [2.24, 2.45) is 0 Å². The number of benzene rings is 2. The SMILES string of the molecule is O=C(c1cc2cccc(Cl)c2o1)c1ccccc1F. The van der Waals surface area contributed by atoms with Crippen LogP contribution in [0.3, 0.4) is 0 Å². The fourth-order valence-corrected chi connectivity index (χ4v) is 2.14. The molecule has 0 aliphatic heterocycles. The zero-order chi connectivity index (χ0) is 13.4. The number of ketones is 1. The van der Waals surface area contributed by atoms with Crippen LogP contribution in [0.1, 0.15) is 16.1 Å². The van der Waals surface area contributed by atoms with Crippen molar-refractivity contribution in [3.8, 4) is 0 Å². The Labute approximate surface area is 113 Å². The Balaban J connectivity index is 2.12. The maximum absolute atomic E-state index is 13.6. The van der Waals surface area contributed by atoms with E-state index in [0.717, 1.165) is 0 Å². The number of para-hydroxylation sites is 1. The maximum atomic E-state index is 13.6. The van der Waals surface area contributed by atoms with E-state index in [9.17, 15) is 9.18 Å². The molecule has 0 radical (unpaired) electrons. The standard InChI is InChI=1S/C15H8ClFO2/c16-11-6-3-4-9-8-13(19-15(9)11)14(18)10-5-1-2-7-12(10)17/h1-8H. The molecule has 2 aromatic carbocycles. The van der Waals surface area contributed by atoms with Crippen LogP contribution in [-0.2, 0) is 0 Å². The molecule has 3 aromatic rings. The lowest BCUT2D eigenvalue weighted by Gasteiger charge is -1.98. The van der Waals surface area contributed by atoms with Gasteiger partial charge in [-0.05, 0) is 24.3 Å². The summed E-state index contributed by atoms with van der Waals surface area (Å²) in [7, 11) is 0. The molecule has 94 valence electrons. The van der Waals surface area contributed by atoms with Gasteiger partial charge in [-0.1, -0.05) is 35.9 Å². The average Bonchev–Trinajstić information content (AvgIpc) is 2.84. The molecule has 0 saturated heterocycles. The molecule has 4 heteroatoms. The number of fused-ring (bicyclic) bond motifs is 1. The molecule has 0 unspecified atom stereocenters. The summed E-state index contributed by atoms with van der Waals surface area (Å²) in [5, 5.41) is 1.14. The number of halogens is 2. The van der Waals surface area contributed by atoms with E-state index in [4.69, 9.17) is 16.0 Å². The van der Waals surface area contributed by atoms with Crippen molar-refractivity contribution in [1.82, 2.24) is 0 Å². The minimum atomic E-state index is -0.570. The summed E-state index contributed by atoms with van der Waals surface area (Å²) in [4.78, 5) is 12.2. The van der Waals surface area contributed by atoms with E-state index in [-0.39, 0.29) is 11.3 Å². The van der Waals surface area contributed by atoms with Gasteiger partial charge in [0.1, 0.15) is 5.82 Å². The lowest BCUT2D eigenvalue weighted by atomic mass is 10.1. The molecule has 1 heterocycles. The van der Waals surface area contributed by atoms with Crippen LogP contribution < -0.4 is 0 Å². The minimum absolute atomic E-state index is 0.0160. The Kier molecular flexibility index (Phi) is 2.84. The summed E-state index contributed by atoms with van der Waals surface area (Å²) >= 11 is 5.97. The summed E-state index contributed by atoms with van der Waals surface area (Å²) < 4.78 is 19.0. The molecule has 3 rings (SSSR count). The minimum Gasteiger partial charge on any atom is -0.451 e. The monoisotopic (exact) mass is 274 g/mol. The zero-order valence-electron chi connectivity index (χ0n) is 9.69. The highest BCUT2D eigenvalue weighted by molar-refractivity contribution is 6.35. The van der Waals surface area contributed by atoms with Crippen molar-refractivity contribution in [2.75, 3.05) is 0 Å². The van der Waals surface area contributed by atoms with E-state index in [1.807, 2.05) is 0 Å². The van der Waals surface area contributed by atoms with E-state index in [2.05, 4.69) is 0 Å². The van der Waals surface area contributed by atoms with Gasteiger partial charge < -0.3 is 4.42 Å². The smallest absolute Gasteiger partial charge is 0.231 e. The zero-order valence-corrected chi connectivity index (χ0v) is 10.4. The van der Waals surface area contributed by atoms with E-state index in [1.165, 1.54) is 18.2 Å². The summed E-state index contributed by atoms with van der Waals surface area (Å²) in [5.74, 6) is -0.988.